The minimum atomic E-state index is -0.328. The minimum Gasteiger partial charge on any atom is -0.309 e. The Kier molecular flexibility index (Phi) is 5.81. The summed E-state index contributed by atoms with van der Waals surface area (Å²) >= 11 is 0. The van der Waals surface area contributed by atoms with Crippen molar-refractivity contribution in [1.82, 2.24) is 9.13 Å². The Labute approximate surface area is 281 Å². The molecule has 5 heteroatoms. The van der Waals surface area contributed by atoms with E-state index in [4.69, 9.17) is 0 Å². The van der Waals surface area contributed by atoms with Crippen LogP contribution in [-0.4, -0.2) is 20.9 Å². The zero-order valence-corrected chi connectivity index (χ0v) is 26.2. The molecule has 0 spiro atoms. The number of para-hydroxylation sites is 3. The molecular formula is C44H27N3O2. The van der Waals surface area contributed by atoms with Crippen LogP contribution in [0.15, 0.2) is 164 Å². The molecular weight excluding hydrogens is 603 g/mol. The number of nitrogens with zero attached hydrogens (tertiary/aromatic N) is 3. The molecule has 0 N–H and O–H groups in total. The number of imide groups is 1. The number of carbonyl (C=O) groups excluding carboxylic acids is 2. The maximum atomic E-state index is 14.5. The highest BCUT2D eigenvalue weighted by Gasteiger charge is 2.39. The number of carbonyl (C=O) groups is 2. The van der Waals surface area contributed by atoms with Crippen molar-refractivity contribution in [1.29, 1.82) is 0 Å². The van der Waals surface area contributed by atoms with Gasteiger partial charge in [0.1, 0.15) is 0 Å². The third-order valence-electron chi connectivity index (χ3n) is 9.84. The first-order chi connectivity index (χ1) is 24.2. The van der Waals surface area contributed by atoms with Gasteiger partial charge in [-0.05, 0) is 65.7 Å². The van der Waals surface area contributed by atoms with Gasteiger partial charge in [0.2, 0.25) is 0 Å². The Hall–Kier alpha value is -6.72. The molecule has 0 radical (unpaired) electrons. The fourth-order valence-corrected chi connectivity index (χ4v) is 7.70. The molecule has 10 rings (SSSR count). The van der Waals surface area contributed by atoms with Crippen molar-refractivity contribution in [2.24, 2.45) is 0 Å². The molecule has 0 unspecified atom stereocenters. The van der Waals surface area contributed by atoms with Crippen LogP contribution in [0.4, 0.5) is 5.69 Å². The van der Waals surface area contributed by atoms with E-state index in [9.17, 15) is 9.59 Å². The van der Waals surface area contributed by atoms with Crippen molar-refractivity contribution >= 4 is 61.1 Å². The summed E-state index contributed by atoms with van der Waals surface area (Å²) in [6.07, 6.45) is 0. The number of rotatable bonds is 4. The van der Waals surface area contributed by atoms with Gasteiger partial charge in [-0.3, -0.25) is 9.59 Å². The van der Waals surface area contributed by atoms with Crippen LogP contribution in [0.3, 0.4) is 0 Å². The van der Waals surface area contributed by atoms with E-state index in [2.05, 4.69) is 88.0 Å². The fraction of sp³-hybridized carbons (Fsp3) is 0. The Bertz CT molecular complexity index is 2770. The van der Waals surface area contributed by atoms with E-state index < -0.39 is 0 Å². The summed E-state index contributed by atoms with van der Waals surface area (Å²) in [6, 6.07) is 55.0. The van der Waals surface area contributed by atoms with Crippen molar-refractivity contribution < 1.29 is 9.59 Å². The predicted octanol–water partition coefficient (Wildman–Crippen LogP) is 10.3. The Morgan fingerprint density at radius 2 is 0.939 bits per heavy atom. The fourth-order valence-electron chi connectivity index (χ4n) is 7.70. The molecule has 2 aromatic heterocycles. The molecule has 0 fully saturated rings. The van der Waals surface area contributed by atoms with E-state index >= 15 is 0 Å². The van der Waals surface area contributed by atoms with Crippen LogP contribution < -0.4 is 4.90 Å². The van der Waals surface area contributed by atoms with Crippen LogP contribution in [-0.2, 0) is 0 Å². The van der Waals surface area contributed by atoms with Gasteiger partial charge in [-0.1, -0.05) is 109 Å². The van der Waals surface area contributed by atoms with Gasteiger partial charge in [0, 0.05) is 27.2 Å². The number of benzene rings is 7. The highest BCUT2D eigenvalue weighted by atomic mass is 16.2. The monoisotopic (exact) mass is 629 g/mol. The largest absolute Gasteiger partial charge is 0.309 e. The van der Waals surface area contributed by atoms with Gasteiger partial charge in [0.15, 0.2) is 0 Å². The zero-order chi connectivity index (χ0) is 32.6. The molecule has 7 aromatic carbocycles. The quantitative estimate of drug-likeness (QED) is 0.182. The predicted molar refractivity (Wildman–Crippen MR) is 198 cm³/mol. The van der Waals surface area contributed by atoms with Crippen LogP contribution in [0.5, 0.6) is 0 Å². The van der Waals surface area contributed by atoms with E-state index in [1.807, 2.05) is 78.9 Å². The maximum absolute atomic E-state index is 14.5. The normalized spacial score (nSPS) is 12.9. The minimum absolute atomic E-state index is 0.321. The molecule has 2 amide bonds. The lowest BCUT2D eigenvalue weighted by Gasteiger charge is -2.16. The molecule has 1 aliphatic rings. The van der Waals surface area contributed by atoms with Gasteiger partial charge in [0.25, 0.3) is 11.8 Å². The van der Waals surface area contributed by atoms with Crippen molar-refractivity contribution in [3.05, 3.63) is 175 Å². The molecule has 0 bridgehead atoms. The van der Waals surface area contributed by atoms with Crippen LogP contribution in [0.2, 0.25) is 0 Å². The number of hydrogen-bond donors (Lipinski definition) is 0. The molecule has 0 aliphatic carbocycles. The average molecular weight is 630 g/mol. The van der Waals surface area contributed by atoms with E-state index in [1.54, 1.807) is 6.07 Å². The molecule has 0 atom stereocenters. The van der Waals surface area contributed by atoms with E-state index in [0.29, 0.717) is 22.5 Å². The van der Waals surface area contributed by atoms with Crippen LogP contribution >= 0.6 is 0 Å². The third kappa shape index (κ3) is 3.93. The molecule has 0 saturated carbocycles. The topological polar surface area (TPSA) is 47.2 Å². The van der Waals surface area contributed by atoms with Gasteiger partial charge in [-0.25, -0.2) is 4.90 Å². The van der Waals surface area contributed by atoms with E-state index in [0.717, 1.165) is 49.7 Å². The lowest BCUT2D eigenvalue weighted by Crippen LogP contribution is -2.29. The van der Waals surface area contributed by atoms with Gasteiger partial charge in [0.05, 0.1) is 44.6 Å². The maximum Gasteiger partial charge on any atom is 0.268 e. The number of hydrogen-bond acceptors (Lipinski definition) is 2. The van der Waals surface area contributed by atoms with Crippen LogP contribution in [0, 0.1) is 0 Å². The second kappa shape index (κ2) is 10.4. The number of amides is 2. The second-order valence-electron chi connectivity index (χ2n) is 12.5. The summed E-state index contributed by atoms with van der Waals surface area (Å²) in [7, 11) is 0. The Morgan fingerprint density at radius 3 is 1.63 bits per heavy atom. The summed E-state index contributed by atoms with van der Waals surface area (Å²) in [5.41, 5.74) is 9.19. The molecule has 1 aliphatic heterocycles. The zero-order valence-electron chi connectivity index (χ0n) is 26.2. The van der Waals surface area contributed by atoms with Gasteiger partial charge >= 0.3 is 0 Å². The summed E-state index contributed by atoms with van der Waals surface area (Å²) < 4.78 is 4.45. The Balaban J connectivity index is 1.19. The lowest BCUT2D eigenvalue weighted by molar-refractivity contribution is 0.0926. The summed E-state index contributed by atoms with van der Waals surface area (Å²) in [6.45, 7) is 0. The Morgan fingerprint density at radius 1 is 0.367 bits per heavy atom. The molecule has 3 heterocycles. The molecule has 5 nitrogen and oxygen atoms in total. The first-order valence-corrected chi connectivity index (χ1v) is 16.4. The van der Waals surface area contributed by atoms with Crippen molar-refractivity contribution in [3.63, 3.8) is 0 Å². The highest BCUT2D eigenvalue weighted by molar-refractivity contribution is 6.36. The van der Waals surface area contributed by atoms with Crippen LogP contribution in [0.1, 0.15) is 20.7 Å². The highest BCUT2D eigenvalue weighted by Crippen LogP contribution is 2.40. The van der Waals surface area contributed by atoms with E-state index in [-0.39, 0.29) is 11.8 Å². The van der Waals surface area contributed by atoms with Gasteiger partial charge in [-0.15, -0.1) is 0 Å². The molecule has 0 saturated heterocycles. The first kappa shape index (κ1) is 27.4. The smallest absolute Gasteiger partial charge is 0.268 e. The molecule has 230 valence electrons. The number of fused-ring (bicyclic) bond motifs is 7. The van der Waals surface area contributed by atoms with Crippen LogP contribution in [0.25, 0.3) is 66.1 Å². The van der Waals surface area contributed by atoms with Gasteiger partial charge in [-0.2, -0.15) is 0 Å². The van der Waals surface area contributed by atoms with Gasteiger partial charge < -0.3 is 9.13 Å². The van der Waals surface area contributed by atoms with Crippen molar-refractivity contribution in [2.75, 3.05) is 4.90 Å². The third-order valence-corrected chi connectivity index (χ3v) is 9.84. The second-order valence-corrected chi connectivity index (χ2v) is 12.5. The average Bonchev–Trinajstić information content (AvgIpc) is 3.76. The van der Waals surface area contributed by atoms with Crippen molar-refractivity contribution in [3.8, 4) is 22.5 Å². The van der Waals surface area contributed by atoms with E-state index in [1.165, 1.54) is 15.7 Å². The lowest BCUT2D eigenvalue weighted by atomic mass is 10.0. The summed E-state index contributed by atoms with van der Waals surface area (Å²) in [4.78, 5) is 29.9. The summed E-state index contributed by atoms with van der Waals surface area (Å²) in [5, 5.41) is 4.54. The number of anilines is 1. The molecule has 49 heavy (non-hydrogen) atoms. The van der Waals surface area contributed by atoms with Crippen molar-refractivity contribution in [2.45, 2.75) is 0 Å². The number of aromatic nitrogens is 2. The standard InChI is InChI=1S/C44H27N3O2/c48-43-36-19-11-23-40(42(36)44(49)46(43)30-15-10-14-29(26-30)28-12-2-1-3-13-28)47-39-22-9-6-18-34(39)35-25-24-31(27-41(35)47)45-37-20-7-4-16-32(37)33-17-5-8-21-38(33)45/h1-27H. The molecule has 9 aromatic rings. The SMILES string of the molecule is O=C1c2cccc(-n3c4ccccc4c4ccc(-n5c6ccccc6c6ccccc65)cc43)c2C(=O)N1c1cccc(-c2ccccc2)c1. The summed E-state index contributed by atoms with van der Waals surface area (Å²) in [5.74, 6) is -0.649. The first-order valence-electron chi connectivity index (χ1n) is 16.4.